The molecule has 1 saturated heterocycles. The highest BCUT2D eigenvalue weighted by molar-refractivity contribution is 14.1. The maximum Gasteiger partial charge on any atom is 0.238 e. The zero-order valence-electron chi connectivity index (χ0n) is 11.7. The Balaban J connectivity index is 1.94. The number of nitrogens with zero attached hydrogens (tertiary/aromatic N) is 1. The Morgan fingerprint density at radius 3 is 2.57 bits per heavy atom. The van der Waals surface area contributed by atoms with E-state index in [0.717, 1.165) is 32.3 Å². The zero-order chi connectivity index (χ0) is 15.6. The van der Waals surface area contributed by atoms with Crippen LogP contribution in [-0.2, 0) is 4.79 Å². The van der Waals surface area contributed by atoms with Gasteiger partial charge in [-0.3, -0.25) is 9.69 Å². The molecule has 1 amide bonds. The van der Waals surface area contributed by atoms with Crippen molar-refractivity contribution in [3.8, 4) is 0 Å². The number of hydrogen-bond acceptors (Lipinski definition) is 3. The van der Waals surface area contributed by atoms with E-state index in [0.29, 0.717) is 12.5 Å². The summed E-state index contributed by atoms with van der Waals surface area (Å²) in [4.78, 5) is 14.4. The van der Waals surface area contributed by atoms with Crippen LogP contribution >= 0.6 is 67.8 Å². The van der Waals surface area contributed by atoms with E-state index in [1.165, 1.54) is 3.57 Å². The average molecular weight is 625 g/mol. The molecule has 4 nitrogen and oxygen atoms in total. The van der Waals surface area contributed by atoms with E-state index in [1.807, 2.05) is 6.92 Å². The molecule has 0 spiro atoms. The first-order valence-corrected chi connectivity index (χ1v) is 10.0. The molecule has 0 saturated carbocycles. The molecule has 0 aromatic heterocycles. The van der Waals surface area contributed by atoms with Crippen molar-refractivity contribution in [3.05, 3.63) is 22.8 Å². The molecule has 1 aliphatic heterocycles. The van der Waals surface area contributed by atoms with Crippen molar-refractivity contribution < 1.29 is 4.79 Å². The molecule has 0 bridgehead atoms. The van der Waals surface area contributed by atoms with Crippen LogP contribution in [0, 0.1) is 16.6 Å². The molecule has 1 heterocycles. The minimum atomic E-state index is 0.0531. The van der Waals surface area contributed by atoms with Crippen LogP contribution in [0.4, 0.5) is 5.69 Å². The molecule has 2 atom stereocenters. The number of benzene rings is 1. The third-order valence-electron chi connectivity index (χ3n) is 3.69. The fourth-order valence-electron chi connectivity index (χ4n) is 2.48. The number of anilines is 1. The summed E-state index contributed by atoms with van der Waals surface area (Å²) in [7, 11) is 0. The van der Waals surface area contributed by atoms with Gasteiger partial charge in [-0.15, -0.1) is 0 Å². The summed E-state index contributed by atoms with van der Waals surface area (Å²) in [5.74, 6) is 0.564. The monoisotopic (exact) mass is 625 g/mol. The second-order valence-corrected chi connectivity index (χ2v) is 9.01. The Labute approximate surface area is 166 Å². The van der Waals surface area contributed by atoms with E-state index < -0.39 is 0 Å². The molecule has 1 aromatic rings. The Hall–Kier alpha value is 0.800. The number of carbonyl (C=O) groups excluding carboxylic acids is 1. The van der Waals surface area contributed by atoms with Crippen LogP contribution in [-0.4, -0.2) is 36.5 Å². The Morgan fingerprint density at radius 2 is 2.05 bits per heavy atom. The third kappa shape index (κ3) is 5.15. The van der Waals surface area contributed by atoms with Gasteiger partial charge in [0.15, 0.2) is 0 Å². The minimum Gasteiger partial charge on any atom is -0.328 e. The molecular weight excluding hydrogens is 607 g/mol. The number of hydrogen-bond donors (Lipinski definition) is 2. The number of halogens is 3. The van der Waals surface area contributed by atoms with E-state index in [-0.39, 0.29) is 11.9 Å². The quantitative estimate of drug-likeness (QED) is 0.507. The van der Waals surface area contributed by atoms with Gasteiger partial charge in [0.1, 0.15) is 0 Å². The summed E-state index contributed by atoms with van der Waals surface area (Å²) >= 11 is 6.82. The number of nitrogens with two attached hydrogens (primary N) is 1. The third-order valence-corrected chi connectivity index (χ3v) is 6.02. The SMILES string of the molecule is CC(N)C1CCN(CC(=O)Nc2c(I)cc(I)cc2I)C1. The van der Waals surface area contributed by atoms with Crippen LogP contribution in [0.3, 0.4) is 0 Å². The predicted molar refractivity (Wildman–Crippen MR) is 111 cm³/mol. The molecule has 1 aliphatic rings. The standard InChI is InChI=1S/C14H18I3N3O/c1-8(18)9-2-3-20(6-9)7-13(21)19-14-11(16)4-10(15)5-12(14)17/h4-5,8-9H,2-3,6-7,18H2,1H3,(H,19,21). The average Bonchev–Trinajstić information content (AvgIpc) is 2.82. The largest absolute Gasteiger partial charge is 0.328 e. The van der Waals surface area contributed by atoms with E-state index >= 15 is 0 Å². The summed E-state index contributed by atoms with van der Waals surface area (Å²) in [6, 6.07) is 4.35. The molecule has 3 N–H and O–H groups in total. The lowest BCUT2D eigenvalue weighted by molar-refractivity contribution is -0.117. The molecule has 0 aliphatic carbocycles. The second kappa shape index (κ2) is 8.06. The van der Waals surface area contributed by atoms with Gasteiger partial charge in [0.25, 0.3) is 0 Å². The molecule has 2 rings (SSSR count). The van der Waals surface area contributed by atoms with Crippen LogP contribution in [0.15, 0.2) is 12.1 Å². The molecular formula is C14H18I3N3O. The Morgan fingerprint density at radius 1 is 1.43 bits per heavy atom. The van der Waals surface area contributed by atoms with Gasteiger partial charge in [0.2, 0.25) is 5.91 Å². The van der Waals surface area contributed by atoms with Crippen LogP contribution < -0.4 is 11.1 Å². The van der Waals surface area contributed by atoms with Gasteiger partial charge in [0, 0.05) is 23.3 Å². The number of likely N-dealkylation sites (tertiary alicyclic amines) is 1. The summed E-state index contributed by atoms with van der Waals surface area (Å²) in [6.07, 6.45) is 1.09. The number of nitrogens with one attached hydrogen (secondary N) is 1. The van der Waals surface area contributed by atoms with Gasteiger partial charge in [-0.1, -0.05) is 0 Å². The summed E-state index contributed by atoms with van der Waals surface area (Å²) < 4.78 is 3.33. The van der Waals surface area contributed by atoms with Crippen LogP contribution in [0.5, 0.6) is 0 Å². The highest BCUT2D eigenvalue weighted by atomic mass is 127. The predicted octanol–water partition coefficient (Wildman–Crippen LogP) is 3.11. The molecule has 1 fully saturated rings. The van der Waals surface area contributed by atoms with Crippen molar-refractivity contribution in [3.63, 3.8) is 0 Å². The van der Waals surface area contributed by atoms with E-state index in [2.05, 4.69) is 90.1 Å². The van der Waals surface area contributed by atoms with Crippen molar-refractivity contribution in [1.82, 2.24) is 4.90 Å². The first kappa shape index (κ1) is 18.1. The van der Waals surface area contributed by atoms with Crippen molar-refractivity contribution in [2.45, 2.75) is 19.4 Å². The lowest BCUT2D eigenvalue weighted by Crippen LogP contribution is -2.34. The first-order valence-electron chi connectivity index (χ1n) is 6.79. The topological polar surface area (TPSA) is 58.4 Å². The van der Waals surface area contributed by atoms with Crippen molar-refractivity contribution in [2.75, 3.05) is 25.0 Å². The lowest BCUT2D eigenvalue weighted by Gasteiger charge is -2.18. The fraction of sp³-hybridized carbons (Fsp3) is 0.500. The maximum atomic E-state index is 12.2. The van der Waals surface area contributed by atoms with E-state index in [4.69, 9.17) is 5.73 Å². The van der Waals surface area contributed by atoms with Gasteiger partial charge in [-0.25, -0.2) is 0 Å². The Kier molecular flexibility index (Phi) is 6.97. The van der Waals surface area contributed by atoms with Gasteiger partial charge < -0.3 is 11.1 Å². The van der Waals surface area contributed by atoms with Crippen molar-refractivity contribution >= 4 is 79.4 Å². The van der Waals surface area contributed by atoms with Crippen molar-refractivity contribution in [2.24, 2.45) is 11.7 Å². The molecule has 0 radical (unpaired) electrons. The van der Waals surface area contributed by atoms with Crippen molar-refractivity contribution in [1.29, 1.82) is 0 Å². The first-order chi connectivity index (χ1) is 9.86. The second-order valence-electron chi connectivity index (χ2n) is 5.44. The highest BCUT2D eigenvalue weighted by Crippen LogP contribution is 2.27. The van der Waals surface area contributed by atoms with Crippen LogP contribution in [0.2, 0.25) is 0 Å². The lowest BCUT2D eigenvalue weighted by atomic mass is 10.0. The normalized spacial score (nSPS) is 20.5. The molecule has 21 heavy (non-hydrogen) atoms. The highest BCUT2D eigenvalue weighted by Gasteiger charge is 2.26. The van der Waals surface area contributed by atoms with E-state index in [1.54, 1.807) is 0 Å². The zero-order valence-corrected chi connectivity index (χ0v) is 18.2. The van der Waals surface area contributed by atoms with Gasteiger partial charge in [0.05, 0.1) is 12.2 Å². The molecule has 1 aromatic carbocycles. The van der Waals surface area contributed by atoms with E-state index in [9.17, 15) is 4.79 Å². The van der Waals surface area contributed by atoms with Gasteiger partial charge in [-0.05, 0) is 106 Å². The summed E-state index contributed by atoms with van der Waals surface area (Å²) in [5.41, 5.74) is 6.86. The van der Waals surface area contributed by atoms with Crippen LogP contribution in [0.1, 0.15) is 13.3 Å². The maximum absolute atomic E-state index is 12.2. The number of amides is 1. The Bertz CT molecular complexity index is 513. The fourth-order valence-corrected chi connectivity index (χ4v) is 6.33. The summed E-state index contributed by atoms with van der Waals surface area (Å²) in [6.45, 7) is 4.37. The smallest absolute Gasteiger partial charge is 0.238 e. The molecule has 2 unspecified atom stereocenters. The molecule has 7 heteroatoms. The number of carbonyl (C=O) groups is 1. The summed E-state index contributed by atoms with van der Waals surface area (Å²) in [5, 5.41) is 3.05. The molecule has 116 valence electrons. The van der Waals surface area contributed by atoms with Gasteiger partial charge >= 0.3 is 0 Å². The minimum absolute atomic E-state index is 0.0531. The number of rotatable bonds is 4. The van der Waals surface area contributed by atoms with Crippen LogP contribution in [0.25, 0.3) is 0 Å². The van der Waals surface area contributed by atoms with Gasteiger partial charge in [-0.2, -0.15) is 0 Å².